The van der Waals surface area contributed by atoms with Gasteiger partial charge in [0.25, 0.3) is 0 Å². The number of hydrogen-bond donors (Lipinski definition) is 0. The summed E-state index contributed by atoms with van der Waals surface area (Å²) in [5.74, 6) is 0. The number of benzene rings is 7. The molecule has 0 aliphatic rings. The molecule has 0 saturated heterocycles. The molecule has 0 aliphatic carbocycles. The van der Waals surface area contributed by atoms with Gasteiger partial charge in [0.15, 0.2) is 0 Å². The molecule has 8 rings (SSSR count). The number of aromatic nitrogens is 1. The lowest BCUT2D eigenvalue weighted by Crippen LogP contribution is -2.06. The Labute approximate surface area is 264 Å². The number of hydrogen-bond acceptors (Lipinski definition) is 0. The van der Waals surface area contributed by atoms with Crippen molar-refractivity contribution in [1.29, 1.82) is 0 Å². The zero-order valence-electron chi connectivity index (χ0n) is 24.8. The third-order valence-electron chi connectivity index (χ3n) is 8.63. The molecule has 1 nitrogen and oxygen atoms in total. The highest BCUT2D eigenvalue weighted by Crippen LogP contribution is 2.54. The topological polar surface area (TPSA) is 4.93 Å². The average molecular weight is 574 g/mol. The van der Waals surface area contributed by atoms with E-state index in [0.29, 0.717) is 0 Å². The van der Waals surface area contributed by atoms with Gasteiger partial charge in [-0.3, -0.25) is 0 Å². The van der Waals surface area contributed by atoms with Crippen LogP contribution in [0, 0.1) is 0 Å². The minimum atomic E-state index is 1.17. The van der Waals surface area contributed by atoms with Crippen LogP contribution in [0.3, 0.4) is 0 Å². The van der Waals surface area contributed by atoms with Gasteiger partial charge in [-0.1, -0.05) is 170 Å². The molecule has 212 valence electrons. The Morgan fingerprint density at radius 1 is 0.267 bits per heavy atom. The fraction of sp³-hybridized carbons (Fsp3) is 0. The Bertz CT molecular complexity index is 2110. The molecular weight excluding hydrogens is 542 g/mol. The van der Waals surface area contributed by atoms with E-state index in [9.17, 15) is 0 Å². The van der Waals surface area contributed by atoms with E-state index in [4.69, 9.17) is 0 Å². The largest absolute Gasteiger partial charge is 0.315 e. The van der Waals surface area contributed by atoms with Gasteiger partial charge in [0, 0.05) is 28.5 Å². The van der Waals surface area contributed by atoms with E-state index in [2.05, 4.69) is 193 Å². The summed E-state index contributed by atoms with van der Waals surface area (Å²) in [6, 6.07) is 65.4. The molecule has 0 N–H and O–H groups in total. The zero-order valence-corrected chi connectivity index (χ0v) is 24.8. The normalized spacial score (nSPS) is 11.1. The summed E-state index contributed by atoms with van der Waals surface area (Å²) >= 11 is 0. The summed E-state index contributed by atoms with van der Waals surface area (Å²) in [6.07, 6.45) is 2.24. The molecular formula is C44H31N. The van der Waals surface area contributed by atoms with E-state index >= 15 is 0 Å². The van der Waals surface area contributed by atoms with Crippen LogP contribution in [0.5, 0.6) is 0 Å². The number of para-hydroxylation sites is 1. The number of fused-ring (bicyclic) bond motifs is 1. The van der Waals surface area contributed by atoms with Crippen LogP contribution in [0.2, 0.25) is 0 Å². The van der Waals surface area contributed by atoms with E-state index in [1.54, 1.807) is 0 Å². The van der Waals surface area contributed by atoms with Crippen LogP contribution in [0.15, 0.2) is 188 Å². The maximum atomic E-state index is 2.41. The molecule has 0 radical (unpaired) electrons. The number of rotatable bonds is 6. The lowest BCUT2D eigenvalue weighted by molar-refractivity contribution is 1.13. The van der Waals surface area contributed by atoms with E-state index in [0.717, 1.165) is 0 Å². The second-order valence-electron chi connectivity index (χ2n) is 11.3. The number of nitrogens with zero attached hydrogens (tertiary/aromatic N) is 1. The van der Waals surface area contributed by atoms with Gasteiger partial charge in [-0.25, -0.2) is 0 Å². The third-order valence-corrected chi connectivity index (χ3v) is 8.63. The summed E-state index contributed by atoms with van der Waals surface area (Å²) in [7, 11) is 0. The van der Waals surface area contributed by atoms with E-state index in [1.807, 2.05) is 0 Å². The monoisotopic (exact) mass is 573 g/mol. The van der Waals surface area contributed by atoms with Gasteiger partial charge in [0.1, 0.15) is 0 Å². The van der Waals surface area contributed by atoms with Crippen molar-refractivity contribution in [2.45, 2.75) is 0 Å². The molecule has 0 atom stereocenters. The first-order chi connectivity index (χ1) is 22.4. The molecule has 1 heteroatoms. The van der Waals surface area contributed by atoms with Crippen molar-refractivity contribution < 1.29 is 0 Å². The summed E-state index contributed by atoms with van der Waals surface area (Å²) in [5, 5.41) is 1.21. The van der Waals surface area contributed by atoms with Crippen molar-refractivity contribution in [3.8, 4) is 61.3 Å². The van der Waals surface area contributed by atoms with Gasteiger partial charge >= 0.3 is 0 Å². The van der Waals surface area contributed by atoms with Crippen LogP contribution in [0.25, 0.3) is 72.2 Å². The predicted molar refractivity (Wildman–Crippen MR) is 190 cm³/mol. The van der Waals surface area contributed by atoms with E-state index in [1.165, 1.54) is 72.2 Å². The third kappa shape index (κ3) is 4.76. The summed E-state index contributed by atoms with van der Waals surface area (Å²) in [6.45, 7) is 0. The maximum Gasteiger partial charge on any atom is 0.0625 e. The molecule has 7 aromatic carbocycles. The molecule has 0 amide bonds. The maximum absolute atomic E-state index is 2.41. The molecule has 0 saturated carbocycles. The minimum Gasteiger partial charge on any atom is -0.315 e. The molecule has 0 fully saturated rings. The Hall–Kier alpha value is -5.92. The van der Waals surface area contributed by atoms with Crippen molar-refractivity contribution in [1.82, 2.24) is 4.57 Å². The minimum absolute atomic E-state index is 1.17. The van der Waals surface area contributed by atoms with Gasteiger partial charge in [0.2, 0.25) is 0 Å². The van der Waals surface area contributed by atoms with Crippen LogP contribution >= 0.6 is 0 Å². The first-order valence-corrected chi connectivity index (χ1v) is 15.5. The van der Waals surface area contributed by atoms with E-state index in [-0.39, 0.29) is 0 Å². The highest BCUT2D eigenvalue weighted by Gasteiger charge is 2.29. The Morgan fingerprint density at radius 3 is 0.978 bits per heavy atom. The highest BCUT2D eigenvalue weighted by atomic mass is 15.0. The first kappa shape index (κ1) is 26.7. The van der Waals surface area contributed by atoms with Crippen molar-refractivity contribution in [2.24, 2.45) is 0 Å². The lowest BCUT2D eigenvalue weighted by Gasteiger charge is -2.29. The Balaban J connectivity index is 1.71. The molecule has 0 aliphatic heterocycles. The van der Waals surface area contributed by atoms with Crippen molar-refractivity contribution in [3.63, 3.8) is 0 Å². The molecule has 1 heterocycles. The van der Waals surface area contributed by atoms with Crippen LogP contribution in [0.1, 0.15) is 0 Å². The second-order valence-corrected chi connectivity index (χ2v) is 11.3. The molecule has 0 unspecified atom stereocenters. The van der Waals surface area contributed by atoms with Crippen LogP contribution < -0.4 is 0 Å². The van der Waals surface area contributed by atoms with Crippen molar-refractivity contribution >= 4 is 10.9 Å². The molecule has 0 bridgehead atoms. The summed E-state index contributed by atoms with van der Waals surface area (Å²) in [4.78, 5) is 0. The molecule has 0 spiro atoms. The van der Waals surface area contributed by atoms with Crippen LogP contribution in [0.4, 0.5) is 0 Å². The second kappa shape index (κ2) is 11.6. The van der Waals surface area contributed by atoms with Crippen molar-refractivity contribution in [2.75, 3.05) is 0 Å². The predicted octanol–water partition coefficient (Wildman–Crippen LogP) is 12.0. The smallest absolute Gasteiger partial charge is 0.0625 e. The Kier molecular flexibility index (Phi) is 6.90. The Morgan fingerprint density at radius 2 is 0.578 bits per heavy atom. The van der Waals surface area contributed by atoms with Crippen LogP contribution in [-0.2, 0) is 0 Å². The highest BCUT2D eigenvalue weighted by molar-refractivity contribution is 6.12. The van der Waals surface area contributed by atoms with Gasteiger partial charge in [-0.05, 0) is 50.9 Å². The van der Waals surface area contributed by atoms with Gasteiger partial charge < -0.3 is 4.57 Å². The van der Waals surface area contributed by atoms with Gasteiger partial charge in [-0.15, -0.1) is 0 Å². The zero-order chi connectivity index (χ0) is 30.0. The van der Waals surface area contributed by atoms with Crippen LogP contribution in [-0.4, -0.2) is 4.57 Å². The lowest BCUT2D eigenvalue weighted by atomic mass is 9.77. The fourth-order valence-corrected chi connectivity index (χ4v) is 6.71. The summed E-state index contributed by atoms with van der Waals surface area (Å²) < 4.78 is 2.41. The molecule has 1 aromatic heterocycles. The quantitative estimate of drug-likeness (QED) is 0.186. The average Bonchev–Trinajstić information content (AvgIpc) is 3.56. The molecule has 8 aromatic rings. The first-order valence-electron chi connectivity index (χ1n) is 15.5. The van der Waals surface area contributed by atoms with E-state index < -0.39 is 0 Å². The summed E-state index contributed by atoms with van der Waals surface area (Å²) in [5.41, 5.74) is 14.4. The molecule has 45 heavy (non-hydrogen) atoms. The van der Waals surface area contributed by atoms with Gasteiger partial charge in [0.05, 0.1) is 11.2 Å². The van der Waals surface area contributed by atoms with Crippen molar-refractivity contribution in [3.05, 3.63) is 188 Å². The van der Waals surface area contributed by atoms with Gasteiger partial charge in [-0.2, -0.15) is 0 Å². The standard InChI is InChI=1S/C44H31N/c1-6-19-33(20-7-1)39-40(34-21-8-2-9-22-34)42(36-25-12-4-13-26-36)44(45-31-30-32-18-16-17-29-38(32)45)43(37-27-14-5-15-28-37)41(39)35-23-10-3-11-24-35/h1-31H. The SMILES string of the molecule is c1ccc(-c2c(-c3ccccc3)c(-c3ccccc3)c(-n3ccc4ccccc43)c(-c3ccccc3)c2-c2ccccc2)cc1. The fourth-order valence-electron chi connectivity index (χ4n) is 6.71.